The number of amides is 1. The molecule has 1 atom stereocenters. The van der Waals surface area contributed by atoms with Crippen molar-refractivity contribution in [2.24, 2.45) is 5.92 Å². The molecule has 6 nitrogen and oxygen atoms in total. The number of nitrogens with zero attached hydrogens (tertiary/aromatic N) is 1. The van der Waals surface area contributed by atoms with Crippen LogP contribution in [0.2, 0.25) is 0 Å². The van der Waals surface area contributed by atoms with E-state index in [1.165, 1.54) is 0 Å². The van der Waals surface area contributed by atoms with Crippen molar-refractivity contribution < 1.29 is 19.4 Å². The van der Waals surface area contributed by atoms with Gasteiger partial charge < -0.3 is 20.1 Å². The van der Waals surface area contributed by atoms with Crippen LogP contribution in [0.25, 0.3) is 0 Å². The highest BCUT2D eigenvalue weighted by Crippen LogP contribution is 2.32. The fourth-order valence-corrected chi connectivity index (χ4v) is 3.15. The zero-order valence-electron chi connectivity index (χ0n) is 12.9. The van der Waals surface area contributed by atoms with Gasteiger partial charge in [0.1, 0.15) is 0 Å². The lowest BCUT2D eigenvalue weighted by atomic mass is 9.78. The van der Waals surface area contributed by atoms with Crippen LogP contribution in [0.3, 0.4) is 0 Å². The predicted octanol–water partition coefficient (Wildman–Crippen LogP) is 0.291. The summed E-state index contributed by atoms with van der Waals surface area (Å²) >= 11 is 0. The Morgan fingerprint density at radius 3 is 2.62 bits per heavy atom. The molecule has 0 spiro atoms. The van der Waals surface area contributed by atoms with E-state index in [1.54, 1.807) is 18.9 Å². The molecule has 6 heteroatoms. The first-order valence-corrected chi connectivity index (χ1v) is 7.82. The SMILES string of the molecule is CCOC(=O)C1CCC(O)(CNC2CCN(C)C2=O)CC1. The summed E-state index contributed by atoms with van der Waals surface area (Å²) < 4.78 is 5.03. The fraction of sp³-hybridized carbons (Fsp3) is 0.867. The van der Waals surface area contributed by atoms with E-state index in [4.69, 9.17) is 4.74 Å². The number of nitrogens with one attached hydrogen (secondary N) is 1. The lowest BCUT2D eigenvalue weighted by molar-refractivity contribution is -0.151. The number of likely N-dealkylation sites (N-methyl/N-ethyl adjacent to an activating group) is 1. The summed E-state index contributed by atoms with van der Waals surface area (Å²) in [7, 11) is 1.79. The van der Waals surface area contributed by atoms with Gasteiger partial charge in [0, 0.05) is 20.1 Å². The third-order valence-electron chi connectivity index (χ3n) is 4.64. The molecule has 0 bridgehead atoms. The van der Waals surface area contributed by atoms with Gasteiger partial charge in [0.05, 0.1) is 24.2 Å². The number of carbonyl (C=O) groups is 2. The Balaban J connectivity index is 1.77. The van der Waals surface area contributed by atoms with Crippen molar-refractivity contribution in [3.63, 3.8) is 0 Å². The van der Waals surface area contributed by atoms with E-state index in [0.29, 0.717) is 38.8 Å². The topological polar surface area (TPSA) is 78.9 Å². The summed E-state index contributed by atoms with van der Waals surface area (Å²) in [6.45, 7) is 3.38. The van der Waals surface area contributed by atoms with Gasteiger partial charge in [-0.3, -0.25) is 9.59 Å². The second kappa shape index (κ2) is 6.75. The van der Waals surface area contributed by atoms with Gasteiger partial charge in [-0.05, 0) is 39.0 Å². The Kier molecular flexibility index (Phi) is 5.22. The molecule has 0 aromatic carbocycles. The van der Waals surface area contributed by atoms with Crippen molar-refractivity contribution in [1.82, 2.24) is 10.2 Å². The molecular formula is C15H26N2O4. The normalized spacial score (nSPS) is 33.3. The Hall–Kier alpha value is -1.14. The summed E-state index contributed by atoms with van der Waals surface area (Å²) in [6, 6.07) is -0.179. The Labute approximate surface area is 125 Å². The number of carbonyl (C=O) groups excluding carboxylic acids is 2. The summed E-state index contributed by atoms with van der Waals surface area (Å²) in [5.74, 6) is -0.150. The quantitative estimate of drug-likeness (QED) is 0.713. The molecule has 0 aromatic rings. The smallest absolute Gasteiger partial charge is 0.308 e. The molecule has 1 aliphatic carbocycles. The van der Waals surface area contributed by atoms with E-state index >= 15 is 0 Å². The van der Waals surface area contributed by atoms with E-state index in [1.807, 2.05) is 0 Å². The second-order valence-electron chi connectivity index (χ2n) is 6.23. The average molecular weight is 298 g/mol. The number of ether oxygens (including phenoxy) is 1. The van der Waals surface area contributed by atoms with Crippen LogP contribution in [0.5, 0.6) is 0 Å². The van der Waals surface area contributed by atoms with Crippen LogP contribution in [-0.2, 0) is 14.3 Å². The van der Waals surface area contributed by atoms with Gasteiger partial charge in [-0.1, -0.05) is 0 Å². The summed E-state index contributed by atoms with van der Waals surface area (Å²) in [5.41, 5.74) is -0.815. The highest BCUT2D eigenvalue weighted by atomic mass is 16.5. The molecule has 21 heavy (non-hydrogen) atoms. The van der Waals surface area contributed by atoms with Crippen LogP contribution in [-0.4, -0.2) is 60.3 Å². The Bertz CT molecular complexity index is 391. The van der Waals surface area contributed by atoms with Gasteiger partial charge in [-0.25, -0.2) is 0 Å². The summed E-state index contributed by atoms with van der Waals surface area (Å²) in [4.78, 5) is 25.2. The van der Waals surface area contributed by atoms with Crippen molar-refractivity contribution in [2.75, 3.05) is 26.7 Å². The van der Waals surface area contributed by atoms with Gasteiger partial charge in [0.25, 0.3) is 0 Å². The fourth-order valence-electron chi connectivity index (χ4n) is 3.15. The van der Waals surface area contributed by atoms with Crippen molar-refractivity contribution in [2.45, 2.75) is 50.7 Å². The van der Waals surface area contributed by atoms with Gasteiger partial charge in [0.15, 0.2) is 0 Å². The summed E-state index contributed by atoms with van der Waals surface area (Å²) in [5, 5.41) is 13.8. The van der Waals surface area contributed by atoms with Crippen LogP contribution in [0.15, 0.2) is 0 Å². The number of aliphatic hydroxyl groups is 1. The number of rotatable bonds is 5. The minimum Gasteiger partial charge on any atom is -0.466 e. The minimum absolute atomic E-state index is 0.0931. The molecule has 2 rings (SSSR count). The lowest BCUT2D eigenvalue weighted by Gasteiger charge is -2.35. The first kappa shape index (κ1) is 16.2. The molecule has 120 valence electrons. The standard InChI is InChI=1S/C15H26N2O4/c1-3-21-14(19)11-4-7-15(20,8-5-11)10-16-12-6-9-17(2)13(12)18/h11-12,16,20H,3-10H2,1-2H3. The Morgan fingerprint density at radius 2 is 2.10 bits per heavy atom. The summed E-state index contributed by atoms with van der Waals surface area (Å²) in [6.07, 6.45) is 3.22. The lowest BCUT2D eigenvalue weighted by Crippen LogP contribution is -2.49. The van der Waals surface area contributed by atoms with E-state index in [2.05, 4.69) is 5.32 Å². The molecular weight excluding hydrogens is 272 g/mol. The predicted molar refractivity (Wildman–Crippen MR) is 77.6 cm³/mol. The molecule has 2 N–H and O–H groups in total. The molecule has 1 heterocycles. The Morgan fingerprint density at radius 1 is 1.43 bits per heavy atom. The number of likely N-dealkylation sites (tertiary alicyclic amines) is 1. The maximum absolute atomic E-state index is 11.8. The van der Waals surface area contributed by atoms with Gasteiger partial charge in [0.2, 0.25) is 5.91 Å². The molecule has 2 fully saturated rings. The minimum atomic E-state index is -0.815. The monoisotopic (exact) mass is 298 g/mol. The third-order valence-corrected chi connectivity index (χ3v) is 4.64. The van der Waals surface area contributed by atoms with Gasteiger partial charge in [-0.15, -0.1) is 0 Å². The molecule has 1 aliphatic heterocycles. The molecule has 0 radical (unpaired) electrons. The van der Waals surface area contributed by atoms with E-state index in [-0.39, 0.29) is 23.8 Å². The number of hydrogen-bond acceptors (Lipinski definition) is 5. The van der Waals surface area contributed by atoms with Crippen LogP contribution in [0.1, 0.15) is 39.0 Å². The van der Waals surface area contributed by atoms with Crippen LogP contribution in [0.4, 0.5) is 0 Å². The van der Waals surface area contributed by atoms with Crippen LogP contribution < -0.4 is 5.32 Å². The van der Waals surface area contributed by atoms with Crippen molar-refractivity contribution in [1.29, 1.82) is 0 Å². The van der Waals surface area contributed by atoms with E-state index in [0.717, 1.165) is 13.0 Å². The second-order valence-corrected chi connectivity index (χ2v) is 6.23. The van der Waals surface area contributed by atoms with Gasteiger partial charge in [-0.2, -0.15) is 0 Å². The molecule has 1 unspecified atom stereocenters. The molecule has 1 saturated carbocycles. The molecule has 1 amide bonds. The first-order valence-electron chi connectivity index (χ1n) is 7.82. The van der Waals surface area contributed by atoms with Crippen molar-refractivity contribution in [3.8, 4) is 0 Å². The van der Waals surface area contributed by atoms with Gasteiger partial charge >= 0.3 is 5.97 Å². The largest absolute Gasteiger partial charge is 0.466 e. The zero-order chi connectivity index (χ0) is 15.5. The zero-order valence-corrected chi connectivity index (χ0v) is 12.9. The third kappa shape index (κ3) is 3.95. The molecule has 0 aromatic heterocycles. The molecule has 2 aliphatic rings. The highest BCUT2D eigenvalue weighted by molar-refractivity contribution is 5.83. The van der Waals surface area contributed by atoms with Crippen molar-refractivity contribution in [3.05, 3.63) is 0 Å². The highest BCUT2D eigenvalue weighted by Gasteiger charge is 2.38. The number of hydrogen-bond donors (Lipinski definition) is 2. The van der Waals surface area contributed by atoms with Crippen LogP contribution >= 0.6 is 0 Å². The maximum atomic E-state index is 11.8. The van der Waals surface area contributed by atoms with E-state index in [9.17, 15) is 14.7 Å². The first-order chi connectivity index (χ1) is 9.95. The van der Waals surface area contributed by atoms with Crippen molar-refractivity contribution >= 4 is 11.9 Å². The maximum Gasteiger partial charge on any atom is 0.308 e. The molecule has 1 saturated heterocycles. The van der Waals surface area contributed by atoms with E-state index < -0.39 is 5.60 Å². The number of esters is 1. The average Bonchev–Trinajstić information content (AvgIpc) is 2.78. The van der Waals surface area contributed by atoms with Crippen LogP contribution in [0, 0.1) is 5.92 Å².